The van der Waals surface area contributed by atoms with Crippen molar-refractivity contribution >= 4 is 0 Å². The van der Waals surface area contributed by atoms with Crippen LogP contribution in [0.5, 0.6) is 0 Å². The third kappa shape index (κ3) is 2.73. The van der Waals surface area contributed by atoms with Gasteiger partial charge in [0.15, 0.2) is 0 Å². The Labute approximate surface area is 199 Å². The van der Waals surface area contributed by atoms with E-state index in [1.807, 2.05) is 0 Å². The Morgan fingerprint density at radius 2 is 1.50 bits per heavy atom. The quantitative estimate of drug-likeness (QED) is 0.425. The summed E-state index contributed by atoms with van der Waals surface area (Å²) in [5, 5.41) is 10.9. The first kappa shape index (κ1) is 23.4. The van der Waals surface area contributed by atoms with Gasteiger partial charge in [-0.25, -0.2) is 0 Å². The van der Waals surface area contributed by atoms with Crippen molar-refractivity contribution in [2.75, 3.05) is 0 Å². The van der Waals surface area contributed by atoms with E-state index in [-0.39, 0.29) is 11.5 Å². The highest BCUT2D eigenvalue weighted by atomic mass is 16.3. The summed E-state index contributed by atoms with van der Waals surface area (Å²) >= 11 is 0. The van der Waals surface area contributed by atoms with Gasteiger partial charge in [0.25, 0.3) is 0 Å². The van der Waals surface area contributed by atoms with Gasteiger partial charge in [-0.2, -0.15) is 0 Å². The summed E-state index contributed by atoms with van der Waals surface area (Å²) in [6.07, 6.45) is 15.0. The van der Waals surface area contributed by atoms with Crippen molar-refractivity contribution in [3.63, 3.8) is 0 Å². The molecule has 0 aromatic heterocycles. The summed E-state index contributed by atoms with van der Waals surface area (Å²) in [6, 6.07) is 0. The van der Waals surface area contributed by atoms with E-state index in [9.17, 15) is 5.11 Å². The molecule has 9 atom stereocenters. The Bertz CT molecular complexity index is 779. The average molecular weight is 441 g/mol. The first-order chi connectivity index (χ1) is 14.9. The van der Waals surface area contributed by atoms with Crippen molar-refractivity contribution in [3.8, 4) is 0 Å². The van der Waals surface area contributed by atoms with Crippen LogP contribution < -0.4 is 0 Å². The first-order valence-electron chi connectivity index (χ1n) is 14.2. The maximum atomic E-state index is 10.9. The average Bonchev–Trinajstić information content (AvgIpc) is 3.31. The smallest absolute Gasteiger partial charge is 0.0594 e. The van der Waals surface area contributed by atoms with Crippen LogP contribution >= 0.6 is 0 Å². The molecule has 0 radical (unpaired) electrons. The van der Waals surface area contributed by atoms with Gasteiger partial charge in [0.2, 0.25) is 0 Å². The fraction of sp³-hybridized carbons (Fsp3) is 0.935. The summed E-state index contributed by atoms with van der Waals surface area (Å²) in [7, 11) is 0. The van der Waals surface area contributed by atoms with Gasteiger partial charge in [0.05, 0.1) is 6.10 Å². The van der Waals surface area contributed by atoms with Gasteiger partial charge in [-0.15, -0.1) is 0 Å². The lowest BCUT2D eigenvalue weighted by molar-refractivity contribution is -0.161. The van der Waals surface area contributed by atoms with E-state index >= 15 is 0 Å². The standard InChI is InChI=1S/C31H52O/c1-20(2)21(3)9-10-22(4)23-13-15-29(8)25-12-11-24-27(5,6)26(32)14-16-30(24)19-31(25,30)18-17-28(23,29)7/h20,22-26,32H,3,9-19H2,1-2,4-8H3/t22?,23?,24-,25?,26-,28?,29-,30?,31?/m0/s1. The van der Waals surface area contributed by atoms with E-state index < -0.39 is 0 Å². The molecule has 1 N–H and O–H groups in total. The molecule has 182 valence electrons. The maximum Gasteiger partial charge on any atom is 0.0594 e. The van der Waals surface area contributed by atoms with E-state index in [1.165, 1.54) is 69.8 Å². The van der Waals surface area contributed by atoms with Crippen LogP contribution in [-0.4, -0.2) is 11.2 Å². The Morgan fingerprint density at radius 1 is 0.844 bits per heavy atom. The summed E-state index contributed by atoms with van der Waals surface area (Å²) in [5.74, 6) is 4.02. The number of aliphatic hydroxyl groups excluding tert-OH is 1. The van der Waals surface area contributed by atoms with Gasteiger partial charge in [0.1, 0.15) is 0 Å². The molecule has 2 spiro atoms. The van der Waals surface area contributed by atoms with E-state index in [4.69, 9.17) is 0 Å². The van der Waals surface area contributed by atoms with Crippen LogP contribution in [0.3, 0.4) is 0 Å². The van der Waals surface area contributed by atoms with Crippen LogP contribution in [0.2, 0.25) is 0 Å². The Hall–Kier alpha value is -0.300. The molecule has 0 aromatic rings. The predicted octanol–water partition coefficient (Wildman–Crippen LogP) is 8.41. The van der Waals surface area contributed by atoms with Crippen molar-refractivity contribution < 1.29 is 5.11 Å². The minimum Gasteiger partial charge on any atom is -0.393 e. The molecule has 5 fully saturated rings. The molecule has 5 saturated carbocycles. The predicted molar refractivity (Wildman–Crippen MR) is 135 cm³/mol. The van der Waals surface area contributed by atoms with E-state index in [0.717, 1.165) is 30.1 Å². The number of aliphatic hydroxyl groups is 1. The normalized spacial score (nSPS) is 51.9. The molecule has 1 heteroatoms. The topological polar surface area (TPSA) is 20.2 Å². The molecule has 1 nitrogen and oxygen atoms in total. The van der Waals surface area contributed by atoms with Crippen LogP contribution in [0, 0.1) is 56.7 Å². The number of fused-ring (bicyclic) bond motifs is 2. The van der Waals surface area contributed by atoms with Gasteiger partial charge in [-0.05, 0) is 127 Å². The van der Waals surface area contributed by atoms with Crippen LogP contribution in [0.25, 0.3) is 0 Å². The summed E-state index contributed by atoms with van der Waals surface area (Å²) in [6.45, 7) is 21.8. The molecule has 0 heterocycles. The van der Waals surface area contributed by atoms with Crippen molar-refractivity contribution in [1.29, 1.82) is 0 Å². The van der Waals surface area contributed by atoms with Gasteiger partial charge >= 0.3 is 0 Å². The zero-order valence-corrected chi connectivity index (χ0v) is 22.4. The Balaban J connectivity index is 1.39. The van der Waals surface area contributed by atoms with Crippen LogP contribution in [0.1, 0.15) is 119 Å². The second kappa shape index (κ2) is 7.11. The van der Waals surface area contributed by atoms with Crippen LogP contribution in [0.15, 0.2) is 12.2 Å². The Kier molecular flexibility index (Phi) is 5.21. The number of allylic oxidation sites excluding steroid dienone is 1. The van der Waals surface area contributed by atoms with Crippen molar-refractivity contribution in [1.82, 2.24) is 0 Å². The highest BCUT2D eigenvalue weighted by Gasteiger charge is 2.82. The lowest BCUT2D eigenvalue weighted by atomic mass is 9.41. The molecule has 0 aliphatic heterocycles. The molecular weight excluding hydrogens is 388 g/mol. The third-order valence-electron chi connectivity index (χ3n) is 13.6. The summed E-state index contributed by atoms with van der Waals surface area (Å²) < 4.78 is 0. The monoisotopic (exact) mass is 440 g/mol. The lowest BCUT2D eigenvalue weighted by Gasteiger charge is -2.63. The van der Waals surface area contributed by atoms with Crippen LogP contribution in [-0.2, 0) is 0 Å². The number of hydrogen-bond donors (Lipinski definition) is 1. The van der Waals surface area contributed by atoms with Gasteiger partial charge in [-0.3, -0.25) is 0 Å². The van der Waals surface area contributed by atoms with E-state index in [0.29, 0.717) is 27.6 Å². The fourth-order valence-electron chi connectivity index (χ4n) is 11.2. The molecule has 5 aliphatic carbocycles. The van der Waals surface area contributed by atoms with Gasteiger partial charge < -0.3 is 5.11 Å². The number of rotatable bonds is 5. The molecule has 32 heavy (non-hydrogen) atoms. The molecule has 5 rings (SSSR count). The first-order valence-corrected chi connectivity index (χ1v) is 14.2. The zero-order chi connectivity index (χ0) is 23.3. The van der Waals surface area contributed by atoms with Crippen LogP contribution in [0.4, 0.5) is 0 Å². The fourth-order valence-corrected chi connectivity index (χ4v) is 11.2. The molecule has 0 amide bonds. The molecule has 0 bridgehead atoms. The summed E-state index contributed by atoms with van der Waals surface area (Å²) in [4.78, 5) is 0. The zero-order valence-electron chi connectivity index (χ0n) is 22.4. The minimum atomic E-state index is -0.0888. The molecule has 0 saturated heterocycles. The highest BCUT2D eigenvalue weighted by molar-refractivity contribution is 5.30. The molecular formula is C31H52O. The largest absolute Gasteiger partial charge is 0.393 e. The highest BCUT2D eigenvalue weighted by Crippen LogP contribution is 2.89. The summed E-state index contributed by atoms with van der Waals surface area (Å²) in [5.41, 5.74) is 3.79. The van der Waals surface area contributed by atoms with Gasteiger partial charge in [0, 0.05) is 0 Å². The van der Waals surface area contributed by atoms with Crippen molar-refractivity contribution in [2.45, 2.75) is 125 Å². The van der Waals surface area contributed by atoms with E-state index in [1.54, 1.807) is 0 Å². The second-order valence-electron chi connectivity index (χ2n) is 14.9. The third-order valence-corrected chi connectivity index (χ3v) is 13.6. The maximum absolute atomic E-state index is 10.9. The van der Waals surface area contributed by atoms with Crippen molar-refractivity contribution in [2.24, 2.45) is 56.7 Å². The SMILES string of the molecule is C=C(CCC(C)C1CC[C@@]2(C)C3CC[C@H]4C(C)(C)[C@@H](O)CCC45CC35CCC12C)C(C)C. The number of hydrogen-bond acceptors (Lipinski definition) is 1. The minimum absolute atomic E-state index is 0.0888. The lowest BCUT2D eigenvalue weighted by Crippen LogP contribution is -2.57. The van der Waals surface area contributed by atoms with Gasteiger partial charge in [-0.1, -0.05) is 60.6 Å². The van der Waals surface area contributed by atoms with E-state index in [2.05, 4.69) is 55.0 Å². The molecule has 6 unspecified atom stereocenters. The molecule has 5 aliphatic rings. The second-order valence-corrected chi connectivity index (χ2v) is 14.9. The van der Waals surface area contributed by atoms with Crippen molar-refractivity contribution in [3.05, 3.63) is 12.2 Å². The molecule has 0 aromatic carbocycles. The Morgan fingerprint density at radius 3 is 2.19 bits per heavy atom.